The maximum Gasteiger partial charge on any atom is 0.128 e. The second kappa shape index (κ2) is 6.24. The van der Waals surface area contributed by atoms with E-state index in [0.717, 1.165) is 28.3 Å². The molecule has 0 aromatic carbocycles. The zero-order valence-electron chi connectivity index (χ0n) is 11.5. The SMILES string of the molecule is COc1c(C)cnc(CNCc2ccncn2)c1C. The van der Waals surface area contributed by atoms with Gasteiger partial charge in [0, 0.05) is 36.6 Å². The molecule has 0 atom stereocenters. The number of nitrogens with zero attached hydrogens (tertiary/aromatic N) is 3. The molecule has 0 spiro atoms. The molecule has 0 saturated heterocycles. The molecule has 0 unspecified atom stereocenters. The summed E-state index contributed by atoms with van der Waals surface area (Å²) >= 11 is 0. The molecule has 0 radical (unpaired) electrons. The number of aromatic nitrogens is 3. The molecule has 5 heteroatoms. The van der Waals surface area contributed by atoms with Crippen LogP contribution < -0.4 is 10.1 Å². The van der Waals surface area contributed by atoms with Crippen LogP contribution >= 0.6 is 0 Å². The second-order valence-corrected chi connectivity index (χ2v) is 4.35. The van der Waals surface area contributed by atoms with Crippen molar-refractivity contribution in [3.8, 4) is 5.75 Å². The first-order chi connectivity index (χ1) is 9.22. The van der Waals surface area contributed by atoms with Gasteiger partial charge in [-0.25, -0.2) is 9.97 Å². The summed E-state index contributed by atoms with van der Waals surface area (Å²) in [5, 5.41) is 3.32. The van der Waals surface area contributed by atoms with E-state index in [1.807, 2.05) is 26.1 Å². The zero-order valence-corrected chi connectivity index (χ0v) is 11.5. The van der Waals surface area contributed by atoms with E-state index in [4.69, 9.17) is 4.74 Å². The number of aryl methyl sites for hydroxylation is 1. The van der Waals surface area contributed by atoms with Crippen LogP contribution in [0.25, 0.3) is 0 Å². The van der Waals surface area contributed by atoms with E-state index in [-0.39, 0.29) is 0 Å². The minimum Gasteiger partial charge on any atom is -0.496 e. The Labute approximate surface area is 113 Å². The van der Waals surface area contributed by atoms with Gasteiger partial charge in [-0.2, -0.15) is 0 Å². The molecule has 0 aliphatic carbocycles. The smallest absolute Gasteiger partial charge is 0.128 e. The van der Waals surface area contributed by atoms with Crippen molar-refractivity contribution in [2.45, 2.75) is 26.9 Å². The van der Waals surface area contributed by atoms with Gasteiger partial charge in [-0.05, 0) is 19.9 Å². The van der Waals surface area contributed by atoms with Crippen LogP contribution in [0.3, 0.4) is 0 Å². The molecular weight excluding hydrogens is 240 g/mol. The standard InChI is InChI=1S/C14H18N4O/c1-10-6-17-13(11(2)14(10)19-3)8-16-7-12-4-5-15-9-18-12/h4-6,9,16H,7-8H2,1-3H3. The second-order valence-electron chi connectivity index (χ2n) is 4.35. The number of ether oxygens (including phenoxy) is 1. The van der Waals surface area contributed by atoms with Crippen molar-refractivity contribution in [2.24, 2.45) is 0 Å². The Kier molecular flexibility index (Phi) is 4.41. The topological polar surface area (TPSA) is 59.9 Å². The van der Waals surface area contributed by atoms with E-state index in [1.165, 1.54) is 0 Å². The summed E-state index contributed by atoms with van der Waals surface area (Å²) in [5.41, 5.74) is 4.10. The Balaban J connectivity index is 2.00. The van der Waals surface area contributed by atoms with Gasteiger partial charge in [-0.15, -0.1) is 0 Å². The average Bonchev–Trinajstić information content (AvgIpc) is 2.43. The number of hydrogen-bond donors (Lipinski definition) is 1. The van der Waals surface area contributed by atoms with Crippen LogP contribution in [0.1, 0.15) is 22.5 Å². The van der Waals surface area contributed by atoms with Crippen molar-refractivity contribution in [3.05, 3.63) is 47.3 Å². The summed E-state index contributed by atoms with van der Waals surface area (Å²) in [6, 6.07) is 1.89. The van der Waals surface area contributed by atoms with Crippen molar-refractivity contribution in [1.29, 1.82) is 0 Å². The molecule has 2 rings (SSSR count). The van der Waals surface area contributed by atoms with Crippen molar-refractivity contribution < 1.29 is 4.74 Å². The summed E-state index contributed by atoms with van der Waals surface area (Å²) in [4.78, 5) is 12.5. The van der Waals surface area contributed by atoms with E-state index in [9.17, 15) is 0 Å². The first-order valence-corrected chi connectivity index (χ1v) is 6.17. The van der Waals surface area contributed by atoms with Gasteiger partial charge in [0.25, 0.3) is 0 Å². The third kappa shape index (κ3) is 3.26. The Morgan fingerprint density at radius 1 is 1.21 bits per heavy atom. The normalized spacial score (nSPS) is 10.5. The van der Waals surface area contributed by atoms with Crippen LogP contribution in [0.2, 0.25) is 0 Å². The predicted molar refractivity (Wildman–Crippen MR) is 72.8 cm³/mol. The van der Waals surface area contributed by atoms with Gasteiger partial charge in [0.05, 0.1) is 18.5 Å². The summed E-state index contributed by atoms with van der Waals surface area (Å²) in [5.74, 6) is 0.911. The molecule has 0 saturated carbocycles. The van der Waals surface area contributed by atoms with E-state index < -0.39 is 0 Å². The summed E-state index contributed by atoms with van der Waals surface area (Å²) in [7, 11) is 1.69. The maximum atomic E-state index is 5.39. The van der Waals surface area contributed by atoms with Crippen LogP contribution in [-0.2, 0) is 13.1 Å². The molecule has 0 fully saturated rings. The fourth-order valence-corrected chi connectivity index (χ4v) is 1.98. The van der Waals surface area contributed by atoms with Gasteiger partial charge in [-0.3, -0.25) is 4.98 Å². The van der Waals surface area contributed by atoms with Crippen LogP contribution in [0.5, 0.6) is 5.75 Å². The first-order valence-electron chi connectivity index (χ1n) is 6.17. The highest BCUT2D eigenvalue weighted by Crippen LogP contribution is 2.23. The van der Waals surface area contributed by atoms with Gasteiger partial charge in [0.2, 0.25) is 0 Å². The first kappa shape index (κ1) is 13.4. The largest absolute Gasteiger partial charge is 0.496 e. The molecule has 1 N–H and O–H groups in total. The van der Waals surface area contributed by atoms with Crippen molar-refractivity contribution in [2.75, 3.05) is 7.11 Å². The monoisotopic (exact) mass is 258 g/mol. The van der Waals surface area contributed by atoms with Gasteiger partial charge in [0.1, 0.15) is 12.1 Å². The lowest BCUT2D eigenvalue weighted by Gasteiger charge is -2.12. The maximum absolute atomic E-state index is 5.39. The van der Waals surface area contributed by atoms with Gasteiger partial charge in [-0.1, -0.05) is 0 Å². The number of nitrogens with one attached hydrogen (secondary N) is 1. The predicted octanol–water partition coefficient (Wildman–Crippen LogP) is 1.79. The molecule has 100 valence electrons. The highest BCUT2D eigenvalue weighted by atomic mass is 16.5. The molecule has 0 bridgehead atoms. The van der Waals surface area contributed by atoms with Crippen molar-refractivity contribution in [3.63, 3.8) is 0 Å². The molecule has 2 heterocycles. The molecule has 2 aromatic rings. The average molecular weight is 258 g/mol. The highest BCUT2D eigenvalue weighted by Gasteiger charge is 2.08. The number of methoxy groups -OCH3 is 1. The Hall–Kier alpha value is -2.01. The van der Waals surface area contributed by atoms with E-state index in [1.54, 1.807) is 19.6 Å². The van der Waals surface area contributed by atoms with E-state index in [0.29, 0.717) is 13.1 Å². The zero-order chi connectivity index (χ0) is 13.7. The lowest BCUT2D eigenvalue weighted by Crippen LogP contribution is -2.16. The molecule has 2 aromatic heterocycles. The minimum absolute atomic E-state index is 0.687. The molecule has 0 amide bonds. The molecule has 19 heavy (non-hydrogen) atoms. The fraction of sp³-hybridized carbons (Fsp3) is 0.357. The van der Waals surface area contributed by atoms with E-state index in [2.05, 4.69) is 20.3 Å². The Morgan fingerprint density at radius 2 is 2.05 bits per heavy atom. The van der Waals surface area contributed by atoms with Crippen LogP contribution in [0, 0.1) is 13.8 Å². The van der Waals surface area contributed by atoms with Crippen LogP contribution in [0.4, 0.5) is 0 Å². The Bertz CT molecular complexity index is 543. The molecular formula is C14H18N4O. The van der Waals surface area contributed by atoms with Crippen LogP contribution in [-0.4, -0.2) is 22.1 Å². The molecule has 0 aliphatic rings. The third-order valence-corrected chi connectivity index (χ3v) is 2.99. The van der Waals surface area contributed by atoms with E-state index >= 15 is 0 Å². The van der Waals surface area contributed by atoms with Gasteiger partial charge in [0.15, 0.2) is 0 Å². The summed E-state index contributed by atoms with van der Waals surface area (Å²) in [6.45, 7) is 5.41. The lowest BCUT2D eigenvalue weighted by atomic mass is 10.1. The minimum atomic E-state index is 0.687. The molecule has 5 nitrogen and oxygen atoms in total. The number of pyridine rings is 1. The fourth-order valence-electron chi connectivity index (χ4n) is 1.98. The number of rotatable bonds is 5. The molecule has 0 aliphatic heterocycles. The van der Waals surface area contributed by atoms with Crippen molar-refractivity contribution >= 4 is 0 Å². The Morgan fingerprint density at radius 3 is 2.74 bits per heavy atom. The van der Waals surface area contributed by atoms with Gasteiger partial charge >= 0.3 is 0 Å². The third-order valence-electron chi connectivity index (χ3n) is 2.99. The summed E-state index contributed by atoms with van der Waals surface area (Å²) < 4.78 is 5.39. The quantitative estimate of drug-likeness (QED) is 0.886. The van der Waals surface area contributed by atoms with Crippen LogP contribution in [0.15, 0.2) is 24.8 Å². The van der Waals surface area contributed by atoms with Gasteiger partial charge < -0.3 is 10.1 Å². The van der Waals surface area contributed by atoms with Crippen molar-refractivity contribution in [1.82, 2.24) is 20.3 Å². The highest BCUT2D eigenvalue weighted by molar-refractivity contribution is 5.40. The number of hydrogen-bond acceptors (Lipinski definition) is 5. The lowest BCUT2D eigenvalue weighted by molar-refractivity contribution is 0.406. The summed E-state index contributed by atoms with van der Waals surface area (Å²) in [6.07, 6.45) is 5.13.